The van der Waals surface area contributed by atoms with E-state index in [0.717, 1.165) is 34.4 Å². The first-order chi connectivity index (χ1) is 16.4. The van der Waals surface area contributed by atoms with Crippen LogP contribution in [-0.4, -0.2) is 50.0 Å². The summed E-state index contributed by atoms with van der Waals surface area (Å²) in [5.74, 6) is 0.620. The van der Waals surface area contributed by atoms with E-state index in [4.69, 9.17) is 9.47 Å². The number of carboxylic acid groups (broad SMARTS) is 1. The first-order valence-electron chi connectivity index (χ1n) is 10.3. The van der Waals surface area contributed by atoms with Gasteiger partial charge in [0.15, 0.2) is 5.82 Å². The molecule has 0 saturated carbocycles. The van der Waals surface area contributed by atoms with Crippen molar-refractivity contribution in [1.29, 1.82) is 0 Å². The van der Waals surface area contributed by atoms with E-state index in [0.29, 0.717) is 22.9 Å². The zero-order valence-electron chi connectivity index (χ0n) is 19.1. The molecular weight excluding hydrogens is 454 g/mol. The molecule has 0 aliphatic heterocycles. The molecule has 0 atom stereocenters. The van der Waals surface area contributed by atoms with Crippen molar-refractivity contribution in [3.05, 3.63) is 70.6 Å². The van der Waals surface area contributed by atoms with Crippen molar-refractivity contribution in [3.63, 3.8) is 0 Å². The summed E-state index contributed by atoms with van der Waals surface area (Å²) in [5, 5.41) is 17.2. The van der Waals surface area contributed by atoms with Crippen LogP contribution in [0.2, 0.25) is 0 Å². The minimum Gasteiger partial charge on any atom is -0.497 e. The quantitative estimate of drug-likeness (QED) is 0.281. The summed E-state index contributed by atoms with van der Waals surface area (Å²) in [7, 11) is 3.13. The van der Waals surface area contributed by atoms with Gasteiger partial charge >= 0.3 is 5.97 Å². The van der Waals surface area contributed by atoms with Crippen LogP contribution in [0.5, 0.6) is 11.5 Å². The Morgan fingerprint density at radius 2 is 1.88 bits per heavy atom. The SMILES string of the molecule is COc1cc(OC)cc(-c2nc(S/C(=C\c3cc(C)n(-c4cccnc4)c3C)C(=O)O)n[nH]2)c1. The number of nitrogens with one attached hydrogen (secondary N) is 1. The zero-order chi connectivity index (χ0) is 24.2. The van der Waals surface area contributed by atoms with Crippen LogP contribution in [0, 0.1) is 13.8 Å². The van der Waals surface area contributed by atoms with E-state index >= 15 is 0 Å². The maximum absolute atomic E-state index is 12.0. The summed E-state index contributed by atoms with van der Waals surface area (Å²) in [4.78, 5) is 20.7. The molecule has 3 aromatic heterocycles. The molecule has 174 valence electrons. The van der Waals surface area contributed by atoms with Crippen LogP contribution in [0.1, 0.15) is 17.0 Å². The second-order valence-corrected chi connectivity index (χ2v) is 8.37. The van der Waals surface area contributed by atoms with E-state index < -0.39 is 5.97 Å². The fraction of sp³-hybridized carbons (Fsp3) is 0.167. The van der Waals surface area contributed by atoms with E-state index in [1.54, 1.807) is 50.9 Å². The number of ether oxygens (including phenoxy) is 2. The molecule has 34 heavy (non-hydrogen) atoms. The minimum absolute atomic E-state index is 0.0974. The molecule has 4 rings (SSSR count). The fourth-order valence-electron chi connectivity index (χ4n) is 3.56. The van der Waals surface area contributed by atoms with Crippen molar-refractivity contribution < 1.29 is 19.4 Å². The van der Waals surface area contributed by atoms with Crippen LogP contribution in [-0.2, 0) is 4.79 Å². The van der Waals surface area contributed by atoms with E-state index in [1.165, 1.54) is 0 Å². The molecule has 10 heteroatoms. The smallest absolute Gasteiger partial charge is 0.342 e. The third-order valence-electron chi connectivity index (χ3n) is 5.16. The summed E-state index contributed by atoms with van der Waals surface area (Å²) in [5.41, 5.74) is 4.28. The summed E-state index contributed by atoms with van der Waals surface area (Å²) < 4.78 is 12.6. The van der Waals surface area contributed by atoms with Crippen molar-refractivity contribution in [2.75, 3.05) is 14.2 Å². The highest BCUT2D eigenvalue weighted by molar-refractivity contribution is 8.04. The molecule has 1 aromatic carbocycles. The summed E-state index contributed by atoms with van der Waals surface area (Å²) in [6.07, 6.45) is 5.11. The second-order valence-electron chi connectivity index (χ2n) is 7.36. The van der Waals surface area contributed by atoms with Crippen molar-refractivity contribution in [3.8, 4) is 28.6 Å². The third-order valence-corrected chi connectivity index (χ3v) is 6.04. The molecular formula is C24H23N5O4S. The normalized spacial score (nSPS) is 11.5. The lowest BCUT2D eigenvalue weighted by atomic mass is 10.2. The van der Waals surface area contributed by atoms with Gasteiger partial charge in [-0.15, -0.1) is 5.10 Å². The van der Waals surface area contributed by atoms with Gasteiger partial charge < -0.3 is 19.1 Å². The van der Waals surface area contributed by atoms with E-state index in [1.807, 2.05) is 36.6 Å². The van der Waals surface area contributed by atoms with Crippen molar-refractivity contribution in [2.45, 2.75) is 19.0 Å². The number of aromatic nitrogens is 5. The van der Waals surface area contributed by atoms with Gasteiger partial charge in [0.05, 0.1) is 26.1 Å². The third kappa shape index (κ3) is 4.81. The summed E-state index contributed by atoms with van der Waals surface area (Å²) >= 11 is 0.971. The number of H-pyrrole nitrogens is 1. The van der Waals surface area contributed by atoms with Crippen molar-refractivity contribution in [2.24, 2.45) is 0 Å². The average molecular weight is 478 g/mol. The molecule has 0 fully saturated rings. The van der Waals surface area contributed by atoms with Crippen molar-refractivity contribution >= 4 is 23.8 Å². The average Bonchev–Trinajstić information content (AvgIpc) is 3.42. The van der Waals surface area contributed by atoms with Gasteiger partial charge in [-0.1, -0.05) is 0 Å². The monoisotopic (exact) mass is 477 g/mol. The molecule has 0 aliphatic rings. The number of aryl methyl sites for hydroxylation is 1. The highest BCUT2D eigenvalue weighted by Gasteiger charge is 2.17. The zero-order valence-corrected chi connectivity index (χ0v) is 19.9. The Morgan fingerprint density at radius 3 is 2.50 bits per heavy atom. The topological polar surface area (TPSA) is 115 Å². The number of hydrogen-bond donors (Lipinski definition) is 2. The number of hydrogen-bond acceptors (Lipinski definition) is 7. The number of benzene rings is 1. The molecule has 0 unspecified atom stereocenters. The molecule has 2 N–H and O–H groups in total. The molecule has 0 saturated heterocycles. The molecule has 3 heterocycles. The lowest BCUT2D eigenvalue weighted by Gasteiger charge is -2.08. The van der Waals surface area contributed by atoms with Crippen LogP contribution in [0.25, 0.3) is 23.2 Å². The molecule has 0 radical (unpaired) electrons. The van der Waals surface area contributed by atoms with Crippen molar-refractivity contribution in [1.82, 2.24) is 24.7 Å². The van der Waals surface area contributed by atoms with Gasteiger partial charge in [-0.05, 0) is 67.6 Å². The van der Waals surface area contributed by atoms with Crippen LogP contribution < -0.4 is 9.47 Å². The van der Waals surface area contributed by atoms with Gasteiger partial charge in [0.1, 0.15) is 16.4 Å². The first-order valence-corrected chi connectivity index (χ1v) is 11.1. The van der Waals surface area contributed by atoms with Gasteiger partial charge in [-0.3, -0.25) is 10.1 Å². The Bertz CT molecular complexity index is 1340. The number of methoxy groups -OCH3 is 2. The molecule has 0 amide bonds. The Morgan fingerprint density at radius 1 is 1.15 bits per heavy atom. The molecule has 0 bridgehead atoms. The van der Waals surface area contributed by atoms with Gasteiger partial charge in [0.25, 0.3) is 0 Å². The summed E-state index contributed by atoms with van der Waals surface area (Å²) in [6.45, 7) is 3.91. The first kappa shape index (κ1) is 23.1. The number of rotatable bonds is 8. The van der Waals surface area contributed by atoms with Crippen LogP contribution >= 0.6 is 11.8 Å². The second kappa shape index (κ2) is 9.84. The standard InChI is InChI=1S/C24H23N5O4S/c1-14-8-16(15(2)29(14)18-6-5-7-25-13-18)11-21(23(30)31)34-24-26-22(27-28-24)17-9-19(32-3)12-20(10-17)33-4/h5-13H,1-4H3,(H,30,31)(H,26,27,28)/b21-11-. The van der Waals surface area contributed by atoms with Gasteiger partial charge in [0.2, 0.25) is 5.16 Å². The van der Waals surface area contributed by atoms with Crippen LogP contribution in [0.4, 0.5) is 0 Å². The van der Waals surface area contributed by atoms with Crippen LogP contribution in [0.3, 0.4) is 0 Å². The highest BCUT2D eigenvalue weighted by atomic mass is 32.2. The predicted octanol–water partition coefficient (Wildman–Crippen LogP) is 4.51. The number of carboxylic acids is 1. The maximum atomic E-state index is 12.0. The van der Waals surface area contributed by atoms with E-state index in [9.17, 15) is 9.90 Å². The predicted molar refractivity (Wildman–Crippen MR) is 129 cm³/mol. The number of pyridine rings is 1. The highest BCUT2D eigenvalue weighted by Crippen LogP contribution is 2.32. The van der Waals surface area contributed by atoms with E-state index in [2.05, 4.69) is 20.2 Å². The van der Waals surface area contributed by atoms with Crippen LogP contribution in [0.15, 0.2) is 58.9 Å². The Hall–Kier alpha value is -4.05. The molecule has 9 nitrogen and oxygen atoms in total. The molecule has 0 aliphatic carbocycles. The minimum atomic E-state index is -1.06. The number of carbonyl (C=O) groups is 1. The largest absolute Gasteiger partial charge is 0.497 e. The fourth-order valence-corrected chi connectivity index (χ4v) is 4.25. The molecule has 4 aromatic rings. The number of thioether (sulfide) groups is 1. The molecule has 0 spiro atoms. The van der Waals surface area contributed by atoms with E-state index in [-0.39, 0.29) is 10.1 Å². The number of aliphatic carboxylic acids is 1. The maximum Gasteiger partial charge on any atom is 0.342 e. The number of nitrogens with zero attached hydrogens (tertiary/aromatic N) is 4. The van der Waals surface area contributed by atoms with Gasteiger partial charge in [-0.2, -0.15) is 0 Å². The van der Waals surface area contributed by atoms with Gasteiger partial charge in [-0.25, -0.2) is 9.78 Å². The summed E-state index contributed by atoms with van der Waals surface area (Å²) in [6, 6.07) is 11.1. The Balaban J connectivity index is 1.64. The Labute approximate surface area is 200 Å². The number of aromatic amines is 1. The lowest BCUT2D eigenvalue weighted by Crippen LogP contribution is -2.00. The Kier molecular flexibility index (Phi) is 6.69. The van der Waals surface area contributed by atoms with Gasteiger partial charge in [0, 0.05) is 29.2 Å². The lowest BCUT2D eigenvalue weighted by molar-refractivity contribution is -0.131.